The monoisotopic (exact) mass is 349 g/mol. The number of amides is 1. The maximum atomic E-state index is 12.2. The van der Waals surface area contributed by atoms with Crippen molar-refractivity contribution in [1.82, 2.24) is 5.32 Å². The summed E-state index contributed by atoms with van der Waals surface area (Å²) in [7, 11) is 0. The molecule has 0 aliphatic rings. The summed E-state index contributed by atoms with van der Waals surface area (Å²) in [6.07, 6.45) is 0.403. The van der Waals surface area contributed by atoms with E-state index in [1.165, 1.54) is 0 Å². The van der Waals surface area contributed by atoms with Gasteiger partial charge in [0, 0.05) is 33.2 Å². The largest absolute Gasteiger partial charge is 0.350 e. The molecule has 1 heterocycles. The zero-order valence-electron chi connectivity index (χ0n) is 13.5. The van der Waals surface area contributed by atoms with Crippen molar-refractivity contribution in [3.63, 3.8) is 0 Å². The second-order valence-electron chi connectivity index (χ2n) is 5.56. The first-order chi connectivity index (χ1) is 10.9. The standard InChI is InChI=1S/C18H20ClNO2S/c1-11-10-15(13(3)23-11)17(21)8-9-18(22)20-12(2)14-6-4-5-7-16(14)19/h4-7,10,12H,8-9H2,1-3H3,(H,20,22). The summed E-state index contributed by atoms with van der Waals surface area (Å²) in [6.45, 7) is 5.80. The van der Waals surface area contributed by atoms with Crippen molar-refractivity contribution >= 4 is 34.6 Å². The lowest BCUT2D eigenvalue weighted by molar-refractivity contribution is -0.121. The molecule has 2 aromatic rings. The molecule has 122 valence electrons. The molecule has 1 amide bonds. The summed E-state index contributed by atoms with van der Waals surface area (Å²) >= 11 is 7.73. The summed E-state index contributed by atoms with van der Waals surface area (Å²) in [5, 5.41) is 3.52. The highest BCUT2D eigenvalue weighted by atomic mass is 35.5. The first kappa shape index (κ1) is 17.7. The Morgan fingerprint density at radius 1 is 1.22 bits per heavy atom. The van der Waals surface area contributed by atoms with E-state index in [1.807, 2.05) is 45.0 Å². The molecule has 0 saturated heterocycles. The van der Waals surface area contributed by atoms with Crippen molar-refractivity contribution in [2.45, 2.75) is 39.7 Å². The van der Waals surface area contributed by atoms with Crippen LogP contribution in [0.25, 0.3) is 0 Å². The van der Waals surface area contributed by atoms with Crippen molar-refractivity contribution < 1.29 is 9.59 Å². The van der Waals surface area contributed by atoms with Crippen LogP contribution in [0.3, 0.4) is 0 Å². The summed E-state index contributed by atoms with van der Waals surface area (Å²) in [5.74, 6) is -0.122. The number of halogens is 1. The number of ketones is 1. The molecule has 3 nitrogen and oxygen atoms in total. The smallest absolute Gasteiger partial charge is 0.220 e. The third kappa shape index (κ3) is 4.66. The first-order valence-corrected chi connectivity index (χ1v) is 8.72. The number of aryl methyl sites for hydroxylation is 2. The number of Topliss-reactive ketones (excluding diaryl/α,β-unsaturated/α-hetero) is 1. The van der Waals surface area contributed by atoms with Crippen molar-refractivity contribution in [2.24, 2.45) is 0 Å². The molecule has 2 rings (SSSR count). The predicted molar refractivity (Wildman–Crippen MR) is 95.4 cm³/mol. The van der Waals surface area contributed by atoms with Crippen LogP contribution in [-0.2, 0) is 4.79 Å². The van der Waals surface area contributed by atoms with Gasteiger partial charge in [-0.1, -0.05) is 29.8 Å². The number of hydrogen-bond donors (Lipinski definition) is 1. The lowest BCUT2D eigenvalue weighted by Crippen LogP contribution is -2.27. The number of carbonyl (C=O) groups excluding carboxylic acids is 2. The Labute approximate surface area is 145 Å². The van der Waals surface area contributed by atoms with Gasteiger partial charge in [0.15, 0.2) is 5.78 Å². The van der Waals surface area contributed by atoms with E-state index in [1.54, 1.807) is 17.4 Å². The van der Waals surface area contributed by atoms with Crippen molar-refractivity contribution in [3.05, 3.63) is 56.2 Å². The molecule has 0 radical (unpaired) electrons. The fourth-order valence-corrected chi connectivity index (χ4v) is 3.73. The number of benzene rings is 1. The molecule has 1 unspecified atom stereocenters. The highest BCUT2D eigenvalue weighted by Crippen LogP contribution is 2.23. The van der Waals surface area contributed by atoms with Gasteiger partial charge in [-0.05, 0) is 38.5 Å². The number of carbonyl (C=O) groups is 2. The van der Waals surface area contributed by atoms with E-state index in [9.17, 15) is 9.59 Å². The number of hydrogen-bond acceptors (Lipinski definition) is 3. The van der Waals surface area contributed by atoms with Crippen LogP contribution in [0.1, 0.15) is 51.5 Å². The normalized spacial score (nSPS) is 12.0. The minimum atomic E-state index is -0.184. The van der Waals surface area contributed by atoms with Crippen molar-refractivity contribution in [2.75, 3.05) is 0 Å². The predicted octanol–water partition coefficient (Wildman–Crippen LogP) is 4.86. The van der Waals surface area contributed by atoms with E-state index >= 15 is 0 Å². The Kier molecular flexibility index (Phi) is 5.97. The lowest BCUT2D eigenvalue weighted by Gasteiger charge is -2.15. The van der Waals surface area contributed by atoms with Crippen LogP contribution in [0.5, 0.6) is 0 Å². The van der Waals surface area contributed by atoms with Gasteiger partial charge in [0.1, 0.15) is 0 Å². The Morgan fingerprint density at radius 3 is 2.52 bits per heavy atom. The van der Waals surface area contributed by atoms with Gasteiger partial charge < -0.3 is 5.32 Å². The topological polar surface area (TPSA) is 46.2 Å². The minimum absolute atomic E-state index is 0.0207. The number of nitrogens with one attached hydrogen (secondary N) is 1. The average molecular weight is 350 g/mol. The molecule has 1 aromatic heterocycles. The van der Waals surface area contributed by atoms with E-state index < -0.39 is 0 Å². The molecular formula is C18H20ClNO2S. The van der Waals surface area contributed by atoms with Gasteiger partial charge in [-0.15, -0.1) is 11.3 Å². The van der Waals surface area contributed by atoms with Crippen molar-refractivity contribution in [3.8, 4) is 0 Å². The first-order valence-electron chi connectivity index (χ1n) is 7.52. The molecule has 0 saturated carbocycles. The molecule has 23 heavy (non-hydrogen) atoms. The fraction of sp³-hybridized carbons (Fsp3) is 0.333. The van der Waals surface area contributed by atoms with Gasteiger partial charge in [0.2, 0.25) is 5.91 Å². The summed E-state index contributed by atoms with van der Waals surface area (Å²) in [6, 6.07) is 9.13. The second-order valence-corrected chi connectivity index (χ2v) is 7.43. The van der Waals surface area contributed by atoms with Gasteiger partial charge in [-0.3, -0.25) is 9.59 Å². The molecule has 1 aromatic carbocycles. The maximum Gasteiger partial charge on any atom is 0.220 e. The Bertz CT molecular complexity index is 724. The zero-order valence-corrected chi connectivity index (χ0v) is 15.1. The van der Waals surface area contributed by atoms with Crippen LogP contribution in [0.4, 0.5) is 0 Å². The van der Waals surface area contributed by atoms with E-state index in [0.717, 1.165) is 20.9 Å². The third-order valence-corrected chi connectivity index (χ3v) is 4.98. The Morgan fingerprint density at radius 2 is 1.91 bits per heavy atom. The van der Waals surface area contributed by atoms with E-state index in [4.69, 9.17) is 11.6 Å². The Hall–Kier alpha value is -1.65. The average Bonchev–Trinajstić information content (AvgIpc) is 2.84. The SMILES string of the molecule is Cc1cc(C(=O)CCC(=O)NC(C)c2ccccc2Cl)c(C)s1. The minimum Gasteiger partial charge on any atom is -0.350 e. The third-order valence-electron chi connectivity index (χ3n) is 3.67. The van der Waals surface area contributed by atoms with Crippen LogP contribution >= 0.6 is 22.9 Å². The number of rotatable bonds is 6. The van der Waals surface area contributed by atoms with Crippen LogP contribution in [0, 0.1) is 13.8 Å². The molecule has 0 spiro atoms. The lowest BCUT2D eigenvalue weighted by atomic mass is 10.1. The van der Waals surface area contributed by atoms with Crippen LogP contribution in [0.2, 0.25) is 5.02 Å². The summed E-state index contributed by atoms with van der Waals surface area (Å²) < 4.78 is 0. The summed E-state index contributed by atoms with van der Waals surface area (Å²) in [4.78, 5) is 26.4. The molecule has 1 N–H and O–H groups in total. The van der Waals surface area contributed by atoms with E-state index in [-0.39, 0.29) is 30.6 Å². The van der Waals surface area contributed by atoms with Gasteiger partial charge >= 0.3 is 0 Å². The summed E-state index contributed by atoms with van der Waals surface area (Å²) in [5.41, 5.74) is 1.61. The molecule has 5 heteroatoms. The van der Waals surface area contributed by atoms with Crippen LogP contribution in [-0.4, -0.2) is 11.7 Å². The van der Waals surface area contributed by atoms with E-state index in [2.05, 4.69) is 5.32 Å². The van der Waals surface area contributed by atoms with E-state index in [0.29, 0.717) is 5.02 Å². The highest BCUT2D eigenvalue weighted by Gasteiger charge is 2.16. The molecular weight excluding hydrogens is 330 g/mol. The van der Waals surface area contributed by atoms with Gasteiger partial charge in [-0.25, -0.2) is 0 Å². The molecule has 0 aliphatic carbocycles. The molecule has 0 aliphatic heterocycles. The Balaban J connectivity index is 1.89. The zero-order chi connectivity index (χ0) is 17.0. The molecule has 0 bridgehead atoms. The number of thiophene rings is 1. The second kappa shape index (κ2) is 7.75. The van der Waals surface area contributed by atoms with Crippen LogP contribution < -0.4 is 5.32 Å². The van der Waals surface area contributed by atoms with Gasteiger partial charge in [0.05, 0.1) is 6.04 Å². The fourth-order valence-electron chi connectivity index (χ4n) is 2.49. The molecule has 1 atom stereocenters. The maximum absolute atomic E-state index is 12.2. The molecule has 0 fully saturated rings. The van der Waals surface area contributed by atoms with Gasteiger partial charge in [0.25, 0.3) is 0 Å². The van der Waals surface area contributed by atoms with Crippen LogP contribution in [0.15, 0.2) is 30.3 Å². The quantitative estimate of drug-likeness (QED) is 0.757. The van der Waals surface area contributed by atoms with Crippen molar-refractivity contribution in [1.29, 1.82) is 0 Å². The highest BCUT2D eigenvalue weighted by molar-refractivity contribution is 7.12. The van der Waals surface area contributed by atoms with Gasteiger partial charge in [-0.2, -0.15) is 0 Å².